The molecular weight excluding hydrogens is 368 g/mol. The van der Waals surface area contributed by atoms with Crippen LogP contribution < -0.4 is 0 Å². The highest BCUT2D eigenvalue weighted by Gasteiger charge is 2.40. The molecule has 0 unspecified atom stereocenters. The van der Waals surface area contributed by atoms with Crippen molar-refractivity contribution in [1.82, 2.24) is 9.55 Å². The van der Waals surface area contributed by atoms with Gasteiger partial charge in [0.15, 0.2) is 0 Å². The van der Waals surface area contributed by atoms with Crippen molar-refractivity contribution < 1.29 is 4.79 Å². The Hall–Kier alpha value is -3.46. The molecule has 148 valence electrons. The van der Waals surface area contributed by atoms with Crippen LogP contribution >= 0.6 is 0 Å². The van der Waals surface area contributed by atoms with Gasteiger partial charge in [0, 0.05) is 12.1 Å². The first-order chi connectivity index (χ1) is 14.8. The Bertz CT molecular complexity index is 1020. The number of aldehydes is 1. The molecule has 3 heteroatoms. The van der Waals surface area contributed by atoms with Gasteiger partial charge in [-0.1, -0.05) is 91.0 Å². The normalized spacial score (nSPS) is 18.1. The van der Waals surface area contributed by atoms with E-state index in [1.807, 2.05) is 6.33 Å². The highest BCUT2D eigenvalue weighted by atomic mass is 16.1. The van der Waals surface area contributed by atoms with E-state index in [1.165, 1.54) is 16.7 Å². The molecule has 3 aromatic carbocycles. The number of nitrogens with zero attached hydrogens (tertiary/aromatic N) is 2. The SMILES string of the molecule is O=C[C@@H]1C[C@@H]1Cc1cn(C(c2ccccc2)(c2ccccc2)c2ccccc2)cn1. The molecule has 0 radical (unpaired) electrons. The summed E-state index contributed by atoms with van der Waals surface area (Å²) in [5, 5.41) is 0. The van der Waals surface area contributed by atoms with Gasteiger partial charge in [-0.3, -0.25) is 0 Å². The predicted octanol–water partition coefficient (Wildman–Crippen LogP) is 5.10. The molecule has 1 aliphatic carbocycles. The fourth-order valence-electron chi connectivity index (χ4n) is 4.58. The molecular formula is C27H24N2O. The second-order valence-electron chi connectivity index (χ2n) is 8.08. The fraction of sp³-hybridized carbons (Fsp3) is 0.185. The number of imidazole rings is 1. The van der Waals surface area contributed by atoms with E-state index in [-0.39, 0.29) is 5.92 Å². The van der Waals surface area contributed by atoms with Crippen molar-refractivity contribution in [1.29, 1.82) is 0 Å². The molecule has 3 nitrogen and oxygen atoms in total. The number of benzene rings is 3. The van der Waals surface area contributed by atoms with Crippen LogP contribution in [0.2, 0.25) is 0 Å². The van der Waals surface area contributed by atoms with Crippen LogP contribution in [0.15, 0.2) is 104 Å². The van der Waals surface area contributed by atoms with Crippen molar-refractivity contribution in [3.05, 3.63) is 126 Å². The first kappa shape index (κ1) is 18.6. The van der Waals surface area contributed by atoms with Gasteiger partial charge in [-0.05, 0) is 35.4 Å². The average molecular weight is 393 g/mol. The van der Waals surface area contributed by atoms with Gasteiger partial charge in [-0.2, -0.15) is 0 Å². The van der Waals surface area contributed by atoms with Crippen LogP contribution in [-0.4, -0.2) is 15.8 Å². The number of hydrogen-bond acceptors (Lipinski definition) is 2. The molecule has 30 heavy (non-hydrogen) atoms. The van der Waals surface area contributed by atoms with Gasteiger partial charge in [0.1, 0.15) is 11.8 Å². The Kier molecular flexibility index (Phi) is 4.80. The lowest BCUT2D eigenvalue weighted by Crippen LogP contribution is -2.36. The molecule has 5 rings (SSSR count). The topological polar surface area (TPSA) is 34.9 Å². The third-order valence-electron chi connectivity index (χ3n) is 6.22. The van der Waals surface area contributed by atoms with Crippen molar-refractivity contribution in [3.63, 3.8) is 0 Å². The molecule has 1 aliphatic rings. The quantitative estimate of drug-likeness (QED) is 0.324. The zero-order valence-electron chi connectivity index (χ0n) is 16.8. The van der Waals surface area contributed by atoms with Crippen LogP contribution in [-0.2, 0) is 16.8 Å². The lowest BCUT2D eigenvalue weighted by molar-refractivity contribution is -0.109. The molecule has 0 saturated heterocycles. The number of carbonyl (C=O) groups excluding carboxylic acids is 1. The molecule has 1 fully saturated rings. The van der Waals surface area contributed by atoms with Gasteiger partial charge in [-0.15, -0.1) is 0 Å². The van der Waals surface area contributed by atoms with E-state index in [2.05, 4.69) is 102 Å². The Labute approximate surface area is 177 Å². The summed E-state index contributed by atoms with van der Waals surface area (Å²) in [6.07, 6.45) is 7.03. The molecule has 4 aromatic rings. The van der Waals surface area contributed by atoms with Crippen molar-refractivity contribution in [2.24, 2.45) is 11.8 Å². The Morgan fingerprint density at radius 3 is 1.77 bits per heavy atom. The third kappa shape index (κ3) is 3.17. The monoisotopic (exact) mass is 392 g/mol. The lowest BCUT2D eigenvalue weighted by Gasteiger charge is -2.37. The number of aromatic nitrogens is 2. The second-order valence-corrected chi connectivity index (χ2v) is 8.08. The molecule has 2 atom stereocenters. The van der Waals surface area contributed by atoms with E-state index >= 15 is 0 Å². The maximum atomic E-state index is 11.1. The molecule has 0 amide bonds. The second kappa shape index (κ2) is 7.75. The van der Waals surface area contributed by atoms with E-state index < -0.39 is 5.54 Å². The zero-order chi connectivity index (χ0) is 20.4. The molecule has 1 aromatic heterocycles. The maximum Gasteiger partial charge on any atom is 0.123 e. The number of hydrogen-bond donors (Lipinski definition) is 0. The molecule has 1 saturated carbocycles. The summed E-state index contributed by atoms with van der Waals surface area (Å²) in [6, 6.07) is 31.8. The predicted molar refractivity (Wildman–Crippen MR) is 118 cm³/mol. The zero-order valence-corrected chi connectivity index (χ0v) is 16.8. The summed E-state index contributed by atoms with van der Waals surface area (Å²) >= 11 is 0. The summed E-state index contributed by atoms with van der Waals surface area (Å²) in [6.45, 7) is 0. The first-order valence-corrected chi connectivity index (χ1v) is 10.5. The van der Waals surface area contributed by atoms with Crippen LogP contribution in [0, 0.1) is 11.8 Å². The van der Waals surface area contributed by atoms with Crippen LogP contribution in [0.25, 0.3) is 0 Å². The molecule has 0 aliphatic heterocycles. The number of rotatable bonds is 7. The highest BCUT2D eigenvalue weighted by Crippen LogP contribution is 2.42. The van der Waals surface area contributed by atoms with Gasteiger partial charge in [0.05, 0.1) is 12.0 Å². The van der Waals surface area contributed by atoms with E-state index in [0.29, 0.717) is 5.92 Å². The van der Waals surface area contributed by atoms with Gasteiger partial charge in [0.25, 0.3) is 0 Å². The number of carbonyl (C=O) groups is 1. The van der Waals surface area contributed by atoms with Gasteiger partial charge in [-0.25, -0.2) is 4.98 Å². The van der Waals surface area contributed by atoms with E-state index in [1.54, 1.807) is 0 Å². The minimum atomic E-state index is -0.525. The van der Waals surface area contributed by atoms with Gasteiger partial charge >= 0.3 is 0 Å². The largest absolute Gasteiger partial charge is 0.319 e. The van der Waals surface area contributed by atoms with E-state index in [4.69, 9.17) is 4.98 Å². The minimum Gasteiger partial charge on any atom is -0.319 e. The van der Waals surface area contributed by atoms with Crippen LogP contribution in [0.5, 0.6) is 0 Å². The average Bonchev–Trinajstić information content (AvgIpc) is 3.41. The minimum absolute atomic E-state index is 0.206. The van der Waals surface area contributed by atoms with Crippen molar-refractivity contribution in [3.8, 4) is 0 Å². The molecule has 0 spiro atoms. The standard InChI is InChI=1S/C27H24N2O/c30-19-22-16-21(22)17-26-18-29(20-28-26)27(23-10-4-1-5-11-23,24-12-6-2-7-13-24)25-14-8-3-9-15-25/h1-15,18-22H,16-17H2/t21-,22+/m1/s1. The summed E-state index contributed by atoms with van der Waals surface area (Å²) in [7, 11) is 0. The van der Waals surface area contributed by atoms with Crippen molar-refractivity contribution >= 4 is 6.29 Å². The smallest absolute Gasteiger partial charge is 0.123 e. The van der Waals surface area contributed by atoms with Gasteiger partial charge in [0.2, 0.25) is 0 Å². The summed E-state index contributed by atoms with van der Waals surface area (Å²) in [5.74, 6) is 0.641. The Morgan fingerprint density at radius 2 is 1.33 bits per heavy atom. The summed E-state index contributed by atoms with van der Waals surface area (Å²) in [5.41, 5.74) is 4.06. The summed E-state index contributed by atoms with van der Waals surface area (Å²) in [4.78, 5) is 15.8. The lowest BCUT2D eigenvalue weighted by atomic mass is 9.77. The Morgan fingerprint density at radius 1 is 0.833 bits per heavy atom. The molecule has 0 bridgehead atoms. The van der Waals surface area contributed by atoms with Crippen LogP contribution in [0.1, 0.15) is 28.8 Å². The highest BCUT2D eigenvalue weighted by molar-refractivity contribution is 5.58. The van der Waals surface area contributed by atoms with Gasteiger partial charge < -0.3 is 9.36 Å². The molecule has 0 N–H and O–H groups in total. The van der Waals surface area contributed by atoms with Crippen LogP contribution in [0.4, 0.5) is 0 Å². The van der Waals surface area contributed by atoms with E-state index in [0.717, 1.165) is 24.8 Å². The van der Waals surface area contributed by atoms with E-state index in [9.17, 15) is 4.79 Å². The third-order valence-corrected chi connectivity index (χ3v) is 6.22. The summed E-state index contributed by atoms with van der Waals surface area (Å²) < 4.78 is 2.24. The van der Waals surface area contributed by atoms with Crippen molar-refractivity contribution in [2.75, 3.05) is 0 Å². The Balaban J connectivity index is 1.70. The molecule has 1 heterocycles. The maximum absolute atomic E-state index is 11.1. The van der Waals surface area contributed by atoms with Crippen molar-refractivity contribution in [2.45, 2.75) is 18.4 Å². The fourth-order valence-corrected chi connectivity index (χ4v) is 4.58. The van der Waals surface area contributed by atoms with Crippen LogP contribution in [0.3, 0.4) is 0 Å². The first-order valence-electron chi connectivity index (χ1n) is 10.5.